The van der Waals surface area contributed by atoms with Gasteiger partial charge in [-0.05, 0) is 12.1 Å². The third-order valence-corrected chi connectivity index (χ3v) is 3.30. The number of furan rings is 1. The molecular weight excluding hydrogens is 179 g/mol. The summed E-state index contributed by atoms with van der Waals surface area (Å²) in [5, 5.41) is 0. The van der Waals surface area contributed by atoms with Gasteiger partial charge in [0, 0.05) is 14.2 Å². The minimum Gasteiger partial charge on any atom is -0.469 e. The van der Waals surface area contributed by atoms with Gasteiger partial charge in [-0.2, -0.15) is 0 Å². The van der Waals surface area contributed by atoms with Gasteiger partial charge in [0.1, 0.15) is 11.9 Å². The Kier molecular flexibility index (Phi) is 3.09. The Balaban J connectivity index is 2.67. The quantitative estimate of drug-likeness (QED) is 0.683. The molecule has 1 rings (SSSR count). The summed E-state index contributed by atoms with van der Waals surface area (Å²) in [6.45, 7) is 0. The van der Waals surface area contributed by atoms with Crippen LogP contribution >= 0.6 is 7.60 Å². The van der Waals surface area contributed by atoms with Crippen molar-refractivity contribution in [2.75, 3.05) is 14.2 Å². The highest BCUT2D eigenvalue weighted by Gasteiger charge is 2.22. The molecule has 0 N–H and O–H groups in total. The van der Waals surface area contributed by atoms with Crippen molar-refractivity contribution in [3.63, 3.8) is 0 Å². The van der Waals surface area contributed by atoms with E-state index in [1.165, 1.54) is 20.5 Å². The van der Waals surface area contributed by atoms with Crippen LogP contribution < -0.4 is 0 Å². The molecule has 1 aromatic rings. The summed E-state index contributed by atoms with van der Waals surface area (Å²) in [7, 11) is -0.255. The Morgan fingerprint density at radius 1 is 1.50 bits per heavy atom. The highest BCUT2D eigenvalue weighted by molar-refractivity contribution is 7.52. The standard InChI is InChI=1S/C7H11O4P/c1-9-12(8,10-2)6-7-4-3-5-11-7/h3-5H,6H2,1-2H3. The summed E-state index contributed by atoms with van der Waals surface area (Å²) in [6.07, 6.45) is 1.69. The molecule has 0 aliphatic carbocycles. The molecule has 0 aliphatic heterocycles. The van der Waals surface area contributed by atoms with Crippen LogP contribution in [0.25, 0.3) is 0 Å². The van der Waals surface area contributed by atoms with E-state index in [0.29, 0.717) is 5.76 Å². The van der Waals surface area contributed by atoms with Gasteiger partial charge in [0.25, 0.3) is 0 Å². The molecule has 0 amide bonds. The number of hydrogen-bond acceptors (Lipinski definition) is 4. The molecule has 12 heavy (non-hydrogen) atoms. The normalized spacial score (nSPS) is 11.8. The second kappa shape index (κ2) is 3.90. The van der Waals surface area contributed by atoms with E-state index in [1.54, 1.807) is 12.1 Å². The van der Waals surface area contributed by atoms with Gasteiger partial charge in [-0.1, -0.05) is 0 Å². The topological polar surface area (TPSA) is 48.7 Å². The molecule has 1 aromatic heterocycles. The first-order valence-electron chi connectivity index (χ1n) is 3.43. The first kappa shape index (κ1) is 9.52. The zero-order chi connectivity index (χ0) is 9.03. The molecule has 68 valence electrons. The van der Waals surface area contributed by atoms with Crippen LogP contribution in [0.2, 0.25) is 0 Å². The fourth-order valence-electron chi connectivity index (χ4n) is 0.797. The van der Waals surface area contributed by atoms with E-state index >= 15 is 0 Å². The van der Waals surface area contributed by atoms with Gasteiger partial charge in [-0.25, -0.2) is 0 Å². The predicted octanol–water partition coefficient (Wildman–Crippen LogP) is 2.27. The van der Waals surface area contributed by atoms with Crippen LogP contribution in [0.5, 0.6) is 0 Å². The predicted molar refractivity (Wildman–Crippen MR) is 44.0 cm³/mol. The second-order valence-electron chi connectivity index (χ2n) is 2.21. The zero-order valence-electron chi connectivity index (χ0n) is 7.02. The molecule has 0 unspecified atom stereocenters. The molecule has 0 radical (unpaired) electrons. The number of rotatable bonds is 4. The van der Waals surface area contributed by atoms with Gasteiger partial charge >= 0.3 is 7.60 Å². The smallest absolute Gasteiger partial charge is 0.337 e. The molecular formula is C7H11O4P. The largest absolute Gasteiger partial charge is 0.469 e. The summed E-state index contributed by atoms with van der Waals surface area (Å²) in [4.78, 5) is 0. The molecule has 0 bridgehead atoms. The summed E-state index contributed by atoms with van der Waals surface area (Å²) < 4.78 is 26.0. The first-order chi connectivity index (χ1) is 5.70. The second-order valence-corrected chi connectivity index (χ2v) is 4.48. The Hall–Kier alpha value is -0.570. The van der Waals surface area contributed by atoms with Crippen LogP contribution in [0.4, 0.5) is 0 Å². The lowest BCUT2D eigenvalue weighted by molar-refractivity contribution is 0.272. The van der Waals surface area contributed by atoms with Crippen molar-refractivity contribution < 1.29 is 18.0 Å². The average Bonchev–Trinajstić information content (AvgIpc) is 2.57. The van der Waals surface area contributed by atoms with Gasteiger partial charge in [0.2, 0.25) is 0 Å². The summed E-state index contributed by atoms with van der Waals surface area (Å²) in [5.41, 5.74) is 0. The highest BCUT2D eigenvalue weighted by Crippen LogP contribution is 2.49. The maximum atomic E-state index is 11.5. The van der Waals surface area contributed by atoms with Crippen LogP contribution in [0, 0.1) is 0 Å². The Morgan fingerprint density at radius 3 is 2.58 bits per heavy atom. The van der Waals surface area contributed by atoms with Gasteiger partial charge in [0.15, 0.2) is 0 Å². The summed E-state index contributed by atoms with van der Waals surface area (Å²) in [5.74, 6) is 0.599. The van der Waals surface area contributed by atoms with Crippen LogP contribution in [-0.2, 0) is 19.8 Å². The highest BCUT2D eigenvalue weighted by atomic mass is 31.2. The van der Waals surface area contributed by atoms with E-state index < -0.39 is 7.60 Å². The fourth-order valence-corrected chi connectivity index (χ4v) is 1.77. The molecule has 0 fully saturated rings. The summed E-state index contributed by atoms with van der Waals surface area (Å²) in [6, 6.07) is 3.45. The Bertz CT molecular complexity index is 259. The van der Waals surface area contributed by atoms with Crippen LogP contribution in [0.3, 0.4) is 0 Å². The van der Waals surface area contributed by atoms with Crippen molar-refractivity contribution in [1.82, 2.24) is 0 Å². The van der Waals surface area contributed by atoms with Gasteiger partial charge in [0.05, 0.1) is 6.26 Å². The van der Waals surface area contributed by atoms with E-state index in [4.69, 9.17) is 13.5 Å². The summed E-state index contributed by atoms with van der Waals surface area (Å²) >= 11 is 0. The zero-order valence-corrected chi connectivity index (χ0v) is 7.91. The molecule has 0 atom stereocenters. The average molecular weight is 190 g/mol. The van der Waals surface area contributed by atoms with Gasteiger partial charge < -0.3 is 13.5 Å². The SMILES string of the molecule is COP(=O)(Cc1ccco1)OC. The maximum Gasteiger partial charge on any atom is 0.337 e. The van der Waals surface area contributed by atoms with Crippen molar-refractivity contribution in [1.29, 1.82) is 0 Å². The van der Waals surface area contributed by atoms with Crippen molar-refractivity contribution in [2.45, 2.75) is 6.16 Å². The van der Waals surface area contributed by atoms with Crippen LogP contribution in [0.1, 0.15) is 5.76 Å². The molecule has 0 saturated heterocycles. The molecule has 0 spiro atoms. The van der Waals surface area contributed by atoms with Crippen molar-refractivity contribution in [3.8, 4) is 0 Å². The van der Waals surface area contributed by atoms with Crippen molar-refractivity contribution in [3.05, 3.63) is 24.2 Å². The lowest BCUT2D eigenvalue weighted by Crippen LogP contribution is -1.91. The molecule has 5 heteroatoms. The van der Waals surface area contributed by atoms with E-state index in [-0.39, 0.29) is 6.16 Å². The third-order valence-electron chi connectivity index (χ3n) is 1.49. The first-order valence-corrected chi connectivity index (χ1v) is 5.16. The molecule has 0 saturated carbocycles. The maximum absolute atomic E-state index is 11.5. The van der Waals surface area contributed by atoms with E-state index in [9.17, 15) is 4.57 Å². The Morgan fingerprint density at radius 2 is 2.17 bits per heavy atom. The van der Waals surface area contributed by atoms with Crippen molar-refractivity contribution >= 4 is 7.60 Å². The number of hydrogen-bond donors (Lipinski definition) is 0. The lowest BCUT2D eigenvalue weighted by atomic mass is 10.5. The molecule has 0 aromatic carbocycles. The third kappa shape index (κ3) is 2.21. The molecule has 1 heterocycles. The van der Waals surface area contributed by atoms with E-state index in [2.05, 4.69) is 0 Å². The molecule has 0 aliphatic rings. The van der Waals surface area contributed by atoms with Gasteiger partial charge in [-0.15, -0.1) is 0 Å². The van der Waals surface area contributed by atoms with Crippen molar-refractivity contribution in [2.24, 2.45) is 0 Å². The van der Waals surface area contributed by atoms with Gasteiger partial charge in [-0.3, -0.25) is 4.57 Å². The van der Waals surface area contributed by atoms with E-state index in [1.807, 2.05) is 0 Å². The minimum atomic E-state index is -2.96. The minimum absolute atomic E-state index is 0.174. The molecule has 4 nitrogen and oxygen atoms in total. The monoisotopic (exact) mass is 190 g/mol. The lowest BCUT2D eigenvalue weighted by Gasteiger charge is -2.10. The fraction of sp³-hybridized carbons (Fsp3) is 0.429. The van der Waals surface area contributed by atoms with Crippen LogP contribution in [-0.4, -0.2) is 14.2 Å². The van der Waals surface area contributed by atoms with Crippen LogP contribution in [0.15, 0.2) is 22.8 Å². The Labute approximate surface area is 71.0 Å². The van der Waals surface area contributed by atoms with E-state index in [0.717, 1.165) is 0 Å².